The number of aryl methyl sites for hydroxylation is 1. The third-order valence-electron chi connectivity index (χ3n) is 5.57. The van der Waals surface area contributed by atoms with Crippen LogP contribution in [0.1, 0.15) is 75.1 Å². The van der Waals surface area contributed by atoms with Crippen LogP contribution in [0.5, 0.6) is 0 Å². The monoisotopic (exact) mass is 476 g/mol. The van der Waals surface area contributed by atoms with Crippen LogP contribution in [-0.4, -0.2) is 35.3 Å². The van der Waals surface area contributed by atoms with Gasteiger partial charge in [-0.1, -0.05) is 52.4 Å². The molecule has 0 aliphatic carbocycles. The van der Waals surface area contributed by atoms with Gasteiger partial charge in [-0.2, -0.15) is 0 Å². The number of nitrogens with zero attached hydrogens (tertiary/aromatic N) is 2. The summed E-state index contributed by atoms with van der Waals surface area (Å²) in [5, 5.41) is 12.2. The lowest BCUT2D eigenvalue weighted by molar-refractivity contribution is -0.132. The number of thiophene rings is 1. The average molecular weight is 477 g/mol. The number of aliphatic carboxylic acids is 1. The van der Waals surface area contributed by atoms with Gasteiger partial charge in [0.25, 0.3) is 0 Å². The van der Waals surface area contributed by atoms with E-state index in [0.29, 0.717) is 18.6 Å². The van der Waals surface area contributed by atoms with Crippen molar-refractivity contribution in [2.75, 3.05) is 6.61 Å². The Bertz CT molecular complexity index is 882. The maximum Gasteiger partial charge on any atom is 0.332 e. The topological polar surface area (TPSA) is 64.3 Å². The number of carboxylic acid groups (broad SMARTS) is 1. The highest BCUT2D eigenvalue weighted by molar-refractivity contribution is 7.09. The number of hydrogen-bond donors (Lipinski definition) is 1. The molecule has 5 nitrogen and oxygen atoms in total. The first-order valence-electron chi connectivity index (χ1n) is 11.9. The highest BCUT2D eigenvalue weighted by Crippen LogP contribution is 2.34. The molecule has 0 radical (unpaired) electrons. The predicted octanol–water partition coefficient (Wildman–Crippen LogP) is 6.97. The second-order valence-electron chi connectivity index (χ2n) is 9.33. The van der Waals surface area contributed by atoms with Crippen molar-refractivity contribution in [1.29, 1.82) is 0 Å². The van der Waals surface area contributed by atoms with Crippen molar-refractivity contribution >= 4 is 31.0 Å². The third-order valence-corrected chi connectivity index (χ3v) is 8.35. The lowest BCUT2D eigenvalue weighted by Gasteiger charge is -2.33. The van der Waals surface area contributed by atoms with Crippen LogP contribution in [-0.2, 0) is 22.4 Å². The van der Waals surface area contributed by atoms with Gasteiger partial charge in [0.2, 0.25) is 0 Å². The highest BCUT2D eigenvalue weighted by Gasteiger charge is 2.33. The third kappa shape index (κ3) is 6.90. The van der Waals surface area contributed by atoms with E-state index in [1.807, 2.05) is 30.6 Å². The molecule has 1 N–H and O–H groups in total. The summed E-state index contributed by atoms with van der Waals surface area (Å²) < 4.78 is 8.59. The van der Waals surface area contributed by atoms with Gasteiger partial charge >= 0.3 is 5.97 Å². The summed E-state index contributed by atoms with van der Waals surface area (Å²) in [7, 11) is -1.78. The fourth-order valence-electron chi connectivity index (χ4n) is 3.96. The molecular formula is C25H40N2O3SSi. The standard InChI is InChI=1S/C25H40N2O3SSi/c1-7-10-14-20(21(24(28)29)17-19-13-12-16-31-19)22-18-26-23(15-11-8-2)27(22)25(30-9-3)32(4,5)6/h12-13,16,18,25H,7-11,14-15,17H2,1-6H3,(H,28,29)/b21-20+. The van der Waals surface area contributed by atoms with E-state index in [1.54, 1.807) is 11.3 Å². The molecule has 0 aliphatic heterocycles. The largest absolute Gasteiger partial charge is 0.478 e. The summed E-state index contributed by atoms with van der Waals surface area (Å²) in [4.78, 5) is 18.4. The van der Waals surface area contributed by atoms with E-state index in [4.69, 9.17) is 9.72 Å². The molecule has 0 saturated carbocycles. The average Bonchev–Trinajstić information content (AvgIpc) is 3.39. The van der Waals surface area contributed by atoms with Crippen molar-refractivity contribution < 1.29 is 14.6 Å². The molecule has 2 aromatic heterocycles. The Morgan fingerprint density at radius 3 is 2.47 bits per heavy atom. The maximum absolute atomic E-state index is 12.5. The SMILES string of the molecule is CCCC/C(=C(/Cc1cccs1)C(=O)O)c1cnc(CCCC)n1C(OCC)[Si](C)(C)C. The van der Waals surface area contributed by atoms with E-state index < -0.39 is 14.0 Å². The lowest BCUT2D eigenvalue weighted by atomic mass is 9.96. The fraction of sp³-hybridized carbons (Fsp3) is 0.600. The smallest absolute Gasteiger partial charge is 0.332 e. The van der Waals surface area contributed by atoms with Crippen molar-refractivity contribution in [3.63, 3.8) is 0 Å². The molecule has 1 atom stereocenters. The zero-order valence-electron chi connectivity index (χ0n) is 20.6. The molecule has 0 bridgehead atoms. The van der Waals surface area contributed by atoms with Gasteiger partial charge in [-0.25, -0.2) is 9.78 Å². The molecule has 178 valence electrons. The van der Waals surface area contributed by atoms with E-state index in [9.17, 15) is 9.90 Å². The van der Waals surface area contributed by atoms with E-state index in [1.165, 1.54) is 0 Å². The number of hydrogen-bond acceptors (Lipinski definition) is 4. The first kappa shape index (κ1) is 26.5. The second-order valence-corrected chi connectivity index (χ2v) is 15.6. The van der Waals surface area contributed by atoms with Crippen molar-refractivity contribution in [3.05, 3.63) is 45.7 Å². The fourth-order valence-corrected chi connectivity index (χ4v) is 6.41. The first-order valence-corrected chi connectivity index (χ1v) is 16.4. The molecule has 2 rings (SSSR count). The molecule has 2 heterocycles. The first-order chi connectivity index (χ1) is 15.2. The van der Waals surface area contributed by atoms with E-state index >= 15 is 0 Å². The van der Waals surface area contributed by atoms with Crippen molar-refractivity contribution in [2.45, 2.75) is 91.2 Å². The van der Waals surface area contributed by atoms with Gasteiger partial charge in [-0.15, -0.1) is 11.3 Å². The van der Waals surface area contributed by atoms with Gasteiger partial charge < -0.3 is 14.4 Å². The summed E-state index contributed by atoms with van der Waals surface area (Å²) in [5.41, 5.74) is 2.32. The summed E-state index contributed by atoms with van der Waals surface area (Å²) >= 11 is 1.61. The van der Waals surface area contributed by atoms with E-state index in [2.05, 4.69) is 38.1 Å². The molecule has 2 aromatic rings. The molecule has 7 heteroatoms. The summed E-state index contributed by atoms with van der Waals surface area (Å²) in [6.45, 7) is 13.9. The number of ether oxygens (including phenoxy) is 1. The van der Waals surface area contributed by atoms with Gasteiger partial charge in [-0.3, -0.25) is 0 Å². The highest BCUT2D eigenvalue weighted by atomic mass is 32.1. The predicted molar refractivity (Wildman–Crippen MR) is 137 cm³/mol. The number of carboxylic acids is 1. The minimum atomic E-state index is -1.78. The summed E-state index contributed by atoms with van der Waals surface area (Å²) in [6.07, 6.45) is 8.04. The zero-order chi connectivity index (χ0) is 23.7. The minimum Gasteiger partial charge on any atom is -0.478 e. The Morgan fingerprint density at radius 1 is 1.22 bits per heavy atom. The number of rotatable bonds is 14. The Hall–Kier alpha value is -1.70. The molecule has 0 spiro atoms. The van der Waals surface area contributed by atoms with E-state index in [0.717, 1.165) is 60.5 Å². The summed E-state index contributed by atoms with van der Waals surface area (Å²) in [6, 6.07) is 3.99. The van der Waals surface area contributed by atoms with Crippen LogP contribution >= 0.6 is 11.3 Å². The van der Waals surface area contributed by atoms with Crippen molar-refractivity contribution in [2.24, 2.45) is 0 Å². The van der Waals surface area contributed by atoms with Gasteiger partial charge in [0.05, 0.1) is 11.9 Å². The Morgan fingerprint density at radius 2 is 1.94 bits per heavy atom. The summed E-state index contributed by atoms with van der Waals surface area (Å²) in [5.74, 6) is 0.0937. The lowest BCUT2D eigenvalue weighted by Crippen LogP contribution is -2.39. The van der Waals surface area contributed by atoms with Crippen molar-refractivity contribution in [1.82, 2.24) is 9.55 Å². The van der Waals surface area contributed by atoms with Gasteiger partial charge in [0, 0.05) is 29.9 Å². The van der Waals surface area contributed by atoms with Gasteiger partial charge in [0.1, 0.15) is 19.7 Å². The quantitative estimate of drug-likeness (QED) is 0.236. The minimum absolute atomic E-state index is 0.0785. The normalized spacial score (nSPS) is 13.8. The molecule has 0 aromatic carbocycles. The van der Waals surface area contributed by atoms with Gasteiger partial charge in [0.15, 0.2) is 0 Å². The molecule has 1 unspecified atom stereocenters. The number of allylic oxidation sites excluding steroid dienone is 1. The molecule has 0 amide bonds. The van der Waals surface area contributed by atoms with Crippen LogP contribution < -0.4 is 0 Å². The Kier molecular flexibility index (Phi) is 10.4. The Labute approximate surface area is 198 Å². The molecule has 0 fully saturated rings. The Balaban J connectivity index is 2.74. The van der Waals surface area contributed by atoms with Crippen LogP contribution in [0, 0.1) is 0 Å². The second kappa shape index (κ2) is 12.5. The number of aromatic nitrogens is 2. The number of carbonyl (C=O) groups is 1. The molecule has 0 aliphatic rings. The molecule has 0 saturated heterocycles. The van der Waals surface area contributed by atoms with Crippen LogP contribution in [0.3, 0.4) is 0 Å². The maximum atomic E-state index is 12.5. The number of unbranched alkanes of at least 4 members (excludes halogenated alkanes) is 2. The molecule has 32 heavy (non-hydrogen) atoms. The van der Waals surface area contributed by atoms with Crippen LogP contribution in [0.4, 0.5) is 0 Å². The van der Waals surface area contributed by atoms with E-state index in [-0.39, 0.29) is 5.85 Å². The van der Waals surface area contributed by atoms with Crippen LogP contribution in [0.25, 0.3) is 5.57 Å². The number of imidazole rings is 1. The van der Waals surface area contributed by atoms with Crippen molar-refractivity contribution in [3.8, 4) is 0 Å². The van der Waals surface area contributed by atoms with Gasteiger partial charge in [-0.05, 0) is 43.2 Å². The molecular weight excluding hydrogens is 436 g/mol. The van der Waals surface area contributed by atoms with Crippen LogP contribution in [0.2, 0.25) is 19.6 Å². The van der Waals surface area contributed by atoms with Crippen LogP contribution in [0.15, 0.2) is 29.3 Å². The zero-order valence-corrected chi connectivity index (χ0v) is 22.4.